The number of anilines is 1. The molecule has 1 saturated carbocycles. The maximum atomic E-state index is 12.5. The SMILES string of the molecule is CCNC(=NCc1cccc(NC(=O)C2CCCCC2)c1)NCCn1cnnc1CC. The van der Waals surface area contributed by atoms with Gasteiger partial charge in [-0.2, -0.15) is 0 Å². The molecule has 1 amide bonds. The fraction of sp³-hybridized carbons (Fsp3) is 0.565. The molecule has 0 unspecified atom stereocenters. The van der Waals surface area contributed by atoms with Gasteiger partial charge in [0.15, 0.2) is 5.96 Å². The third-order valence-electron chi connectivity index (χ3n) is 5.59. The van der Waals surface area contributed by atoms with E-state index in [9.17, 15) is 4.79 Å². The van der Waals surface area contributed by atoms with Gasteiger partial charge >= 0.3 is 0 Å². The zero-order valence-electron chi connectivity index (χ0n) is 18.7. The smallest absolute Gasteiger partial charge is 0.227 e. The van der Waals surface area contributed by atoms with Gasteiger partial charge in [-0.25, -0.2) is 4.99 Å². The Morgan fingerprint density at radius 3 is 2.81 bits per heavy atom. The first-order valence-electron chi connectivity index (χ1n) is 11.5. The van der Waals surface area contributed by atoms with Gasteiger partial charge in [0, 0.05) is 37.7 Å². The van der Waals surface area contributed by atoms with Crippen molar-refractivity contribution in [2.45, 2.75) is 65.5 Å². The molecular formula is C23H35N7O. The first kappa shape index (κ1) is 22.8. The van der Waals surface area contributed by atoms with Gasteiger partial charge in [0.2, 0.25) is 5.91 Å². The van der Waals surface area contributed by atoms with Crippen molar-refractivity contribution in [2.24, 2.45) is 10.9 Å². The molecule has 0 saturated heterocycles. The number of nitrogens with one attached hydrogen (secondary N) is 3. The highest BCUT2D eigenvalue weighted by molar-refractivity contribution is 5.92. The van der Waals surface area contributed by atoms with Gasteiger partial charge < -0.3 is 20.5 Å². The van der Waals surface area contributed by atoms with Crippen LogP contribution >= 0.6 is 0 Å². The molecule has 0 radical (unpaired) electrons. The van der Waals surface area contributed by atoms with Crippen LogP contribution in [0.3, 0.4) is 0 Å². The van der Waals surface area contributed by atoms with Gasteiger partial charge in [-0.1, -0.05) is 38.3 Å². The number of benzene rings is 1. The minimum atomic E-state index is 0.149. The molecular weight excluding hydrogens is 390 g/mol. The highest BCUT2D eigenvalue weighted by Crippen LogP contribution is 2.25. The first-order chi connectivity index (χ1) is 15.2. The molecule has 3 N–H and O–H groups in total. The molecule has 1 aliphatic rings. The van der Waals surface area contributed by atoms with Crippen LogP contribution in [-0.2, 0) is 24.3 Å². The number of guanidine groups is 1. The van der Waals surface area contributed by atoms with Crippen LogP contribution in [0.2, 0.25) is 0 Å². The van der Waals surface area contributed by atoms with Crippen LogP contribution in [0, 0.1) is 5.92 Å². The zero-order valence-corrected chi connectivity index (χ0v) is 18.7. The summed E-state index contributed by atoms with van der Waals surface area (Å²) < 4.78 is 2.05. The summed E-state index contributed by atoms with van der Waals surface area (Å²) in [5.74, 6) is 2.05. The van der Waals surface area contributed by atoms with Crippen molar-refractivity contribution in [2.75, 3.05) is 18.4 Å². The van der Waals surface area contributed by atoms with Gasteiger partial charge in [-0.15, -0.1) is 10.2 Å². The van der Waals surface area contributed by atoms with Crippen molar-refractivity contribution in [3.8, 4) is 0 Å². The summed E-state index contributed by atoms with van der Waals surface area (Å²) in [6.45, 7) is 6.96. The predicted octanol–water partition coefficient (Wildman–Crippen LogP) is 3.11. The molecule has 0 aliphatic heterocycles. The Morgan fingerprint density at radius 1 is 1.19 bits per heavy atom. The molecule has 1 heterocycles. The van der Waals surface area contributed by atoms with Gasteiger partial charge in [-0.05, 0) is 37.5 Å². The molecule has 1 fully saturated rings. The van der Waals surface area contributed by atoms with Crippen molar-refractivity contribution in [3.63, 3.8) is 0 Å². The number of rotatable bonds is 9. The number of aromatic nitrogens is 3. The topological polar surface area (TPSA) is 96.2 Å². The molecule has 8 heteroatoms. The second-order valence-corrected chi connectivity index (χ2v) is 7.94. The Balaban J connectivity index is 1.53. The summed E-state index contributed by atoms with van der Waals surface area (Å²) in [4.78, 5) is 17.2. The Hall–Kier alpha value is -2.90. The normalized spacial score (nSPS) is 15.0. The number of hydrogen-bond donors (Lipinski definition) is 3. The van der Waals surface area contributed by atoms with Crippen LogP contribution in [0.25, 0.3) is 0 Å². The summed E-state index contributed by atoms with van der Waals surface area (Å²) in [6, 6.07) is 7.97. The van der Waals surface area contributed by atoms with E-state index < -0.39 is 0 Å². The van der Waals surface area contributed by atoms with Crippen molar-refractivity contribution >= 4 is 17.6 Å². The molecule has 1 aromatic carbocycles. The van der Waals surface area contributed by atoms with Gasteiger partial charge in [0.1, 0.15) is 12.2 Å². The maximum Gasteiger partial charge on any atom is 0.227 e. The fourth-order valence-corrected chi connectivity index (χ4v) is 3.90. The van der Waals surface area contributed by atoms with Crippen LogP contribution in [0.5, 0.6) is 0 Å². The lowest BCUT2D eigenvalue weighted by Gasteiger charge is -2.20. The molecule has 1 aromatic heterocycles. The molecule has 31 heavy (non-hydrogen) atoms. The minimum absolute atomic E-state index is 0.149. The lowest BCUT2D eigenvalue weighted by Crippen LogP contribution is -2.38. The van der Waals surface area contributed by atoms with E-state index in [0.29, 0.717) is 6.54 Å². The van der Waals surface area contributed by atoms with Crippen molar-refractivity contribution in [1.29, 1.82) is 0 Å². The summed E-state index contributed by atoms with van der Waals surface area (Å²) in [6.07, 6.45) is 8.19. The minimum Gasteiger partial charge on any atom is -0.357 e. The van der Waals surface area contributed by atoms with E-state index in [2.05, 4.69) is 37.6 Å². The van der Waals surface area contributed by atoms with Crippen LogP contribution < -0.4 is 16.0 Å². The third kappa shape index (κ3) is 7.08. The molecule has 0 atom stereocenters. The average molecular weight is 426 g/mol. The number of aryl methyl sites for hydroxylation is 1. The Labute approximate surface area is 184 Å². The molecule has 3 rings (SSSR count). The lowest BCUT2D eigenvalue weighted by molar-refractivity contribution is -0.120. The van der Waals surface area contributed by atoms with E-state index in [4.69, 9.17) is 4.99 Å². The van der Waals surface area contributed by atoms with Crippen molar-refractivity contribution in [1.82, 2.24) is 25.4 Å². The second-order valence-electron chi connectivity index (χ2n) is 7.94. The van der Waals surface area contributed by atoms with Crippen LogP contribution in [-0.4, -0.2) is 39.7 Å². The first-order valence-corrected chi connectivity index (χ1v) is 11.5. The number of carbonyl (C=O) groups is 1. The molecule has 168 valence electrons. The monoisotopic (exact) mass is 425 g/mol. The predicted molar refractivity (Wildman–Crippen MR) is 124 cm³/mol. The summed E-state index contributed by atoms with van der Waals surface area (Å²) in [7, 11) is 0. The zero-order chi connectivity index (χ0) is 21.9. The number of carbonyl (C=O) groups excluding carboxylic acids is 1. The van der Waals surface area contributed by atoms with E-state index in [1.54, 1.807) is 6.33 Å². The highest BCUT2D eigenvalue weighted by Gasteiger charge is 2.21. The highest BCUT2D eigenvalue weighted by atomic mass is 16.1. The van der Waals surface area contributed by atoms with E-state index >= 15 is 0 Å². The van der Waals surface area contributed by atoms with E-state index in [1.807, 2.05) is 31.2 Å². The Bertz CT molecular complexity index is 855. The molecule has 0 spiro atoms. The van der Waals surface area contributed by atoms with Crippen LogP contribution in [0.1, 0.15) is 57.3 Å². The third-order valence-corrected chi connectivity index (χ3v) is 5.59. The van der Waals surface area contributed by atoms with E-state index in [0.717, 1.165) is 74.8 Å². The number of nitrogens with zero attached hydrogens (tertiary/aromatic N) is 4. The van der Waals surface area contributed by atoms with Crippen molar-refractivity contribution in [3.05, 3.63) is 42.0 Å². The van der Waals surface area contributed by atoms with Crippen LogP contribution in [0.4, 0.5) is 5.69 Å². The molecule has 2 aromatic rings. The summed E-state index contributed by atoms with van der Waals surface area (Å²) in [5, 5.41) is 17.8. The van der Waals surface area contributed by atoms with E-state index in [-0.39, 0.29) is 11.8 Å². The molecule has 1 aliphatic carbocycles. The van der Waals surface area contributed by atoms with E-state index in [1.165, 1.54) is 6.42 Å². The second kappa shape index (κ2) is 12.1. The van der Waals surface area contributed by atoms with Gasteiger partial charge in [0.25, 0.3) is 0 Å². The van der Waals surface area contributed by atoms with Crippen LogP contribution in [0.15, 0.2) is 35.6 Å². The largest absolute Gasteiger partial charge is 0.357 e. The number of aliphatic imine (C=N–C) groups is 1. The molecule has 0 bridgehead atoms. The summed E-state index contributed by atoms with van der Waals surface area (Å²) in [5.41, 5.74) is 1.91. The van der Waals surface area contributed by atoms with Gasteiger partial charge in [-0.3, -0.25) is 4.79 Å². The Morgan fingerprint density at radius 2 is 2.03 bits per heavy atom. The molecule has 8 nitrogen and oxygen atoms in total. The number of hydrogen-bond acceptors (Lipinski definition) is 4. The number of amides is 1. The quantitative estimate of drug-likeness (QED) is 0.424. The lowest BCUT2D eigenvalue weighted by atomic mass is 9.88. The van der Waals surface area contributed by atoms with Gasteiger partial charge in [0.05, 0.1) is 6.54 Å². The van der Waals surface area contributed by atoms with Crippen molar-refractivity contribution < 1.29 is 4.79 Å². The Kier molecular flexibility index (Phi) is 8.87. The average Bonchev–Trinajstić information content (AvgIpc) is 3.26. The standard InChI is InChI=1S/C23H35N7O/c1-3-21-29-27-17-30(21)14-13-25-23(24-4-2)26-16-18-9-8-12-20(15-18)28-22(31)19-10-6-5-7-11-19/h8-9,12,15,17,19H,3-7,10-11,13-14,16H2,1-2H3,(H,28,31)(H2,24,25,26). The fourth-order valence-electron chi connectivity index (χ4n) is 3.90. The summed E-state index contributed by atoms with van der Waals surface area (Å²) >= 11 is 0. The maximum absolute atomic E-state index is 12.5.